The Balaban J connectivity index is 1.85. The van der Waals surface area contributed by atoms with Gasteiger partial charge in [-0.25, -0.2) is 0 Å². The number of nitrogens with one attached hydrogen (secondary N) is 1. The van der Waals surface area contributed by atoms with Crippen LogP contribution in [0, 0.1) is 0 Å². The number of hydrogen-bond donors (Lipinski definition) is 2. The average Bonchev–Trinajstić information content (AvgIpc) is 2.55. The van der Waals surface area contributed by atoms with Crippen LogP contribution in [0.2, 0.25) is 0 Å². The molecule has 2 rings (SSSR count). The molecular formula is C18H21N3O2S. The second-order valence-corrected chi connectivity index (χ2v) is 6.39. The molecule has 0 bridgehead atoms. The molecule has 0 saturated heterocycles. The zero-order valence-corrected chi connectivity index (χ0v) is 14.6. The van der Waals surface area contributed by atoms with Crippen molar-refractivity contribution >= 4 is 29.3 Å². The van der Waals surface area contributed by atoms with Gasteiger partial charge in [-0.05, 0) is 55.3 Å². The van der Waals surface area contributed by atoms with Crippen molar-refractivity contribution in [3.63, 3.8) is 0 Å². The van der Waals surface area contributed by atoms with E-state index < -0.39 is 5.91 Å². The van der Waals surface area contributed by atoms with Gasteiger partial charge in [0.2, 0.25) is 11.8 Å². The predicted molar refractivity (Wildman–Crippen MR) is 98.1 cm³/mol. The van der Waals surface area contributed by atoms with Crippen molar-refractivity contribution < 1.29 is 9.59 Å². The number of thioether (sulfide) groups is 1. The van der Waals surface area contributed by atoms with Crippen molar-refractivity contribution in [1.82, 2.24) is 4.90 Å². The molecule has 126 valence electrons. The van der Waals surface area contributed by atoms with Gasteiger partial charge in [0, 0.05) is 22.7 Å². The molecule has 3 N–H and O–H groups in total. The number of nitrogens with two attached hydrogens (primary N) is 1. The molecule has 0 heterocycles. The zero-order valence-electron chi connectivity index (χ0n) is 13.8. The van der Waals surface area contributed by atoms with Gasteiger partial charge in [-0.3, -0.25) is 14.5 Å². The Hall–Kier alpha value is -2.31. The van der Waals surface area contributed by atoms with E-state index in [-0.39, 0.29) is 12.5 Å². The number of primary amides is 1. The fourth-order valence-corrected chi connectivity index (χ4v) is 2.67. The van der Waals surface area contributed by atoms with Crippen molar-refractivity contribution in [3.05, 3.63) is 59.7 Å². The van der Waals surface area contributed by atoms with Crippen LogP contribution in [0.4, 0.5) is 5.69 Å². The molecule has 0 atom stereocenters. The van der Waals surface area contributed by atoms with Gasteiger partial charge in [-0.15, -0.1) is 11.8 Å². The van der Waals surface area contributed by atoms with E-state index in [4.69, 9.17) is 5.73 Å². The van der Waals surface area contributed by atoms with E-state index in [1.54, 1.807) is 36.0 Å². The number of carbonyl (C=O) groups excluding carboxylic acids is 2. The fraction of sp³-hybridized carbons (Fsp3) is 0.222. The summed E-state index contributed by atoms with van der Waals surface area (Å²) in [5.41, 5.74) is 7.41. The third-order valence-corrected chi connectivity index (χ3v) is 4.22. The van der Waals surface area contributed by atoms with E-state index >= 15 is 0 Å². The highest BCUT2D eigenvalue weighted by molar-refractivity contribution is 7.98. The zero-order chi connectivity index (χ0) is 17.5. The first kappa shape index (κ1) is 18.0. The molecule has 0 aliphatic carbocycles. The lowest BCUT2D eigenvalue weighted by molar-refractivity contribution is -0.117. The number of benzene rings is 2. The SMILES string of the molecule is CSc1ccc(CN(C)CC(=O)Nc2ccc(C(N)=O)cc2)cc1. The van der Waals surface area contributed by atoms with Crippen LogP contribution in [0.15, 0.2) is 53.4 Å². The molecule has 2 aromatic rings. The highest BCUT2D eigenvalue weighted by Crippen LogP contribution is 2.15. The standard InChI is InChI=1S/C18H21N3O2S/c1-21(11-13-3-9-16(24-2)10-4-13)12-17(22)20-15-7-5-14(6-8-15)18(19)23/h3-10H,11-12H2,1-2H3,(H2,19,23)(H,20,22). The molecule has 5 nitrogen and oxygen atoms in total. The molecule has 0 aromatic heterocycles. The molecule has 24 heavy (non-hydrogen) atoms. The van der Waals surface area contributed by atoms with Gasteiger partial charge in [0.25, 0.3) is 0 Å². The Morgan fingerprint density at radius 1 is 1.08 bits per heavy atom. The number of rotatable bonds is 7. The fourth-order valence-electron chi connectivity index (χ4n) is 2.26. The van der Waals surface area contributed by atoms with Crippen molar-refractivity contribution in [2.45, 2.75) is 11.4 Å². The third-order valence-electron chi connectivity index (χ3n) is 3.48. The summed E-state index contributed by atoms with van der Waals surface area (Å²) < 4.78 is 0. The van der Waals surface area contributed by atoms with Gasteiger partial charge < -0.3 is 11.1 Å². The molecule has 6 heteroatoms. The van der Waals surface area contributed by atoms with Crippen molar-refractivity contribution in [2.75, 3.05) is 25.2 Å². The quantitative estimate of drug-likeness (QED) is 0.758. The normalized spacial score (nSPS) is 10.6. The Labute approximate surface area is 146 Å². The molecule has 2 aromatic carbocycles. The molecular weight excluding hydrogens is 322 g/mol. The van der Waals surface area contributed by atoms with E-state index in [0.717, 1.165) is 5.56 Å². The molecule has 0 saturated carbocycles. The topological polar surface area (TPSA) is 75.4 Å². The van der Waals surface area contributed by atoms with E-state index in [2.05, 4.69) is 29.6 Å². The van der Waals surface area contributed by atoms with Gasteiger partial charge in [-0.2, -0.15) is 0 Å². The smallest absolute Gasteiger partial charge is 0.248 e. The van der Waals surface area contributed by atoms with E-state index in [0.29, 0.717) is 17.8 Å². The second-order valence-electron chi connectivity index (χ2n) is 5.51. The van der Waals surface area contributed by atoms with Crippen molar-refractivity contribution in [2.24, 2.45) is 5.73 Å². The van der Waals surface area contributed by atoms with Gasteiger partial charge in [0.05, 0.1) is 6.54 Å². The summed E-state index contributed by atoms with van der Waals surface area (Å²) in [5.74, 6) is -0.592. The summed E-state index contributed by atoms with van der Waals surface area (Å²) in [6.45, 7) is 0.977. The molecule has 2 amide bonds. The van der Waals surface area contributed by atoms with Crippen LogP contribution in [-0.4, -0.2) is 36.6 Å². The molecule has 0 unspecified atom stereocenters. The minimum atomic E-state index is -0.486. The lowest BCUT2D eigenvalue weighted by Crippen LogP contribution is -2.29. The Bertz CT molecular complexity index is 699. The van der Waals surface area contributed by atoms with Gasteiger partial charge >= 0.3 is 0 Å². The summed E-state index contributed by atoms with van der Waals surface area (Å²) in [6.07, 6.45) is 2.04. The summed E-state index contributed by atoms with van der Waals surface area (Å²) in [4.78, 5) is 26.3. The Morgan fingerprint density at radius 2 is 1.71 bits per heavy atom. The van der Waals surface area contributed by atoms with Crippen molar-refractivity contribution in [3.8, 4) is 0 Å². The highest BCUT2D eigenvalue weighted by atomic mass is 32.2. The van der Waals surface area contributed by atoms with E-state index in [9.17, 15) is 9.59 Å². The van der Waals surface area contributed by atoms with Crippen molar-refractivity contribution in [1.29, 1.82) is 0 Å². The van der Waals surface area contributed by atoms with Crippen LogP contribution in [0.25, 0.3) is 0 Å². The van der Waals surface area contributed by atoms with Crippen LogP contribution in [0.1, 0.15) is 15.9 Å². The maximum Gasteiger partial charge on any atom is 0.248 e. The highest BCUT2D eigenvalue weighted by Gasteiger charge is 2.08. The minimum absolute atomic E-state index is 0.106. The minimum Gasteiger partial charge on any atom is -0.366 e. The summed E-state index contributed by atoms with van der Waals surface area (Å²) in [7, 11) is 1.90. The number of anilines is 1. The largest absolute Gasteiger partial charge is 0.366 e. The summed E-state index contributed by atoms with van der Waals surface area (Å²) in [6, 6.07) is 14.8. The summed E-state index contributed by atoms with van der Waals surface area (Å²) in [5, 5.41) is 2.81. The van der Waals surface area contributed by atoms with Crippen LogP contribution in [-0.2, 0) is 11.3 Å². The number of nitrogens with zero attached hydrogens (tertiary/aromatic N) is 1. The first-order valence-electron chi connectivity index (χ1n) is 7.49. The lowest BCUT2D eigenvalue weighted by atomic mass is 10.2. The van der Waals surface area contributed by atoms with Crippen LogP contribution >= 0.6 is 11.8 Å². The molecule has 0 spiro atoms. The van der Waals surface area contributed by atoms with E-state index in [1.807, 2.05) is 18.2 Å². The molecule has 0 radical (unpaired) electrons. The predicted octanol–water partition coefficient (Wildman–Crippen LogP) is 2.58. The number of carbonyl (C=O) groups is 2. The van der Waals surface area contributed by atoms with Gasteiger partial charge in [0.15, 0.2) is 0 Å². The maximum atomic E-state index is 12.1. The summed E-state index contributed by atoms with van der Waals surface area (Å²) >= 11 is 1.70. The number of hydrogen-bond acceptors (Lipinski definition) is 4. The number of amides is 2. The third kappa shape index (κ3) is 5.40. The number of likely N-dealkylation sites (N-methyl/N-ethyl adjacent to an activating group) is 1. The Kier molecular flexibility index (Phi) is 6.40. The lowest BCUT2D eigenvalue weighted by Gasteiger charge is -2.16. The monoisotopic (exact) mass is 343 g/mol. The molecule has 0 aliphatic heterocycles. The van der Waals surface area contributed by atoms with Gasteiger partial charge in [0.1, 0.15) is 0 Å². The first-order valence-corrected chi connectivity index (χ1v) is 8.71. The van der Waals surface area contributed by atoms with E-state index in [1.165, 1.54) is 4.90 Å². The maximum absolute atomic E-state index is 12.1. The van der Waals surface area contributed by atoms with Crippen LogP contribution < -0.4 is 11.1 Å². The van der Waals surface area contributed by atoms with Gasteiger partial charge in [-0.1, -0.05) is 12.1 Å². The first-order chi connectivity index (χ1) is 11.5. The Morgan fingerprint density at radius 3 is 2.25 bits per heavy atom. The van der Waals surface area contributed by atoms with Crippen LogP contribution in [0.5, 0.6) is 0 Å². The average molecular weight is 343 g/mol. The molecule has 0 fully saturated rings. The molecule has 0 aliphatic rings. The second kappa shape index (κ2) is 8.52. The van der Waals surface area contributed by atoms with Crippen LogP contribution in [0.3, 0.4) is 0 Å².